The molecule has 0 aliphatic heterocycles. The normalized spacial score (nSPS) is 12.2. The van der Waals surface area contributed by atoms with Gasteiger partial charge in [-0.05, 0) is 24.9 Å². The highest BCUT2D eigenvalue weighted by atomic mass is 32.1. The van der Waals surface area contributed by atoms with E-state index < -0.39 is 0 Å². The number of hydrogen-bond donors (Lipinski definition) is 2. The van der Waals surface area contributed by atoms with E-state index in [1.807, 2.05) is 13.8 Å². The Hall–Kier alpha value is -1.17. The van der Waals surface area contributed by atoms with Gasteiger partial charge in [0.25, 0.3) is 0 Å². The van der Waals surface area contributed by atoms with Crippen molar-refractivity contribution in [1.29, 1.82) is 0 Å². The zero-order valence-corrected chi connectivity index (χ0v) is 8.39. The van der Waals surface area contributed by atoms with E-state index in [9.17, 15) is 4.79 Å². The molecule has 2 amide bonds. The van der Waals surface area contributed by atoms with Crippen LogP contribution in [0, 0.1) is 0 Å². The molecular formula is C7H12N4OS. The van der Waals surface area contributed by atoms with Crippen LogP contribution in [0.2, 0.25) is 0 Å². The van der Waals surface area contributed by atoms with E-state index in [1.165, 1.54) is 11.5 Å². The van der Waals surface area contributed by atoms with Gasteiger partial charge in [0.1, 0.15) is 0 Å². The molecule has 1 rings (SSSR count). The first-order valence-electron chi connectivity index (χ1n) is 4.07. The Labute approximate surface area is 80.7 Å². The Bertz CT molecular complexity index is 261. The molecule has 13 heavy (non-hydrogen) atoms. The molecule has 72 valence electrons. The fourth-order valence-corrected chi connectivity index (χ4v) is 1.09. The molecule has 0 aromatic carbocycles. The van der Waals surface area contributed by atoms with Gasteiger partial charge in [0, 0.05) is 6.04 Å². The monoisotopic (exact) mass is 200 g/mol. The zero-order chi connectivity index (χ0) is 9.68. The smallest absolute Gasteiger partial charge is 0.320 e. The molecule has 1 atom stereocenters. The standard InChI is InChI=1S/C7H12N4OS/c1-3-5(2)8-7(12)9-6-4-13-11-10-6/h4-5H,3H2,1-2H3,(H2,8,9,12). The summed E-state index contributed by atoms with van der Waals surface area (Å²) >= 11 is 1.20. The van der Waals surface area contributed by atoms with E-state index in [-0.39, 0.29) is 12.1 Å². The molecule has 5 nitrogen and oxygen atoms in total. The van der Waals surface area contributed by atoms with Gasteiger partial charge in [-0.25, -0.2) is 4.79 Å². The number of amides is 2. The first kappa shape index (κ1) is 9.91. The predicted octanol–water partition coefficient (Wildman–Crippen LogP) is 1.46. The van der Waals surface area contributed by atoms with Crippen LogP contribution in [-0.2, 0) is 0 Å². The third kappa shape index (κ3) is 3.37. The quantitative estimate of drug-likeness (QED) is 0.776. The summed E-state index contributed by atoms with van der Waals surface area (Å²) in [5, 5.41) is 10.7. The molecule has 6 heteroatoms. The number of nitrogens with one attached hydrogen (secondary N) is 2. The molecule has 0 aliphatic rings. The summed E-state index contributed by atoms with van der Waals surface area (Å²) in [4.78, 5) is 11.2. The van der Waals surface area contributed by atoms with Crippen molar-refractivity contribution in [2.75, 3.05) is 5.32 Å². The van der Waals surface area contributed by atoms with Gasteiger partial charge in [-0.15, -0.1) is 5.10 Å². The minimum Gasteiger partial charge on any atom is -0.335 e. The number of carbonyl (C=O) groups is 1. The average Bonchev–Trinajstić information content (AvgIpc) is 2.56. The fourth-order valence-electron chi connectivity index (χ4n) is 0.697. The molecule has 0 saturated heterocycles. The van der Waals surface area contributed by atoms with Gasteiger partial charge < -0.3 is 5.32 Å². The van der Waals surface area contributed by atoms with Crippen LogP contribution in [0.5, 0.6) is 0 Å². The van der Waals surface area contributed by atoms with E-state index >= 15 is 0 Å². The lowest BCUT2D eigenvalue weighted by molar-refractivity contribution is 0.249. The lowest BCUT2D eigenvalue weighted by Crippen LogP contribution is -2.35. The number of nitrogens with zero attached hydrogens (tertiary/aromatic N) is 2. The van der Waals surface area contributed by atoms with E-state index in [2.05, 4.69) is 20.2 Å². The number of hydrogen-bond acceptors (Lipinski definition) is 4. The first-order valence-corrected chi connectivity index (χ1v) is 4.90. The molecule has 0 saturated carbocycles. The van der Waals surface area contributed by atoms with Gasteiger partial charge in [0.05, 0.1) is 5.38 Å². The maximum Gasteiger partial charge on any atom is 0.320 e. The summed E-state index contributed by atoms with van der Waals surface area (Å²) in [6.07, 6.45) is 0.905. The van der Waals surface area contributed by atoms with Crippen LogP contribution in [0.1, 0.15) is 20.3 Å². The topological polar surface area (TPSA) is 66.9 Å². The van der Waals surface area contributed by atoms with Crippen LogP contribution < -0.4 is 10.6 Å². The molecular weight excluding hydrogens is 188 g/mol. The van der Waals surface area contributed by atoms with Gasteiger partial charge in [-0.2, -0.15) is 0 Å². The van der Waals surface area contributed by atoms with Crippen molar-refractivity contribution in [3.8, 4) is 0 Å². The van der Waals surface area contributed by atoms with Crippen LogP contribution in [0.4, 0.5) is 10.6 Å². The highest BCUT2D eigenvalue weighted by Crippen LogP contribution is 2.02. The second kappa shape index (κ2) is 4.76. The maximum atomic E-state index is 11.2. The lowest BCUT2D eigenvalue weighted by Gasteiger charge is -2.10. The summed E-state index contributed by atoms with van der Waals surface area (Å²) in [7, 11) is 0. The van der Waals surface area contributed by atoms with E-state index in [4.69, 9.17) is 0 Å². The minimum absolute atomic E-state index is 0.173. The van der Waals surface area contributed by atoms with Crippen molar-refractivity contribution in [2.24, 2.45) is 0 Å². The molecule has 0 fully saturated rings. The van der Waals surface area contributed by atoms with E-state index in [0.29, 0.717) is 5.82 Å². The molecule has 1 unspecified atom stereocenters. The molecule has 0 aliphatic carbocycles. The second-order valence-electron chi connectivity index (χ2n) is 2.70. The van der Waals surface area contributed by atoms with Crippen molar-refractivity contribution in [3.63, 3.8) is 0 Å². The summed E-state index contributed by atoms with van der Waals surface area (Å²) in [5.74, 6) is 0.491. The van der Waals surface area contributed by atoms with Crippen LogP contribution in [-0.4, -0.2) is 21.7 Å². The van der Waals surface area contributed by atoms with Crippen LogP contribution in [0.3, 0.4) is 0 Å². The molecule has 0 radical (unpaired) electrons. The van der Waals surface area contributed by atoms with Crippen molar-refractivity contribution in [1.82, 2.24) is 14.9 Å². The van der Waals surface area contributed by atoms with E-state index in [1.54, 1.807) is 5.38 Å². The van der Waals surface area contributed by atoms with Crippen LogP contribution in [0.15, 0.2) is 5.38 Å². The van der Waals surface area contributed by atoms with Gasteiger partial charge >= 0.3 is 6.03 Å². The Balaban J connectivity index is 2.34. The fraction of sp³-hybridized carbons (Fsp3) is 0.571. The number of urea groups is 1. The van der Waals surface area contributed by atoms with Crippen molar-refractivity contribution >= 4 is 23.4 Å². The summed E-state index contributed by atoms with van der Waals surface area (Å²) in [6.45, 7) is 3.95. The summed E-state index contributed by atoms with van der Waals surface area (Å²) in [6, 6.07) is -0.0614. The predicted molar refractivity (Wildman–Crippen MR) is 51.8 cm³/mol. The molecule has 0 bridgehead atoms. The van der Waals surface area contributed by atoms with Crippen molar-refractivity contribution in [2.45, 2.75) is 26.3 Å². The third-order valence-electron chi connectivity index (χ3n) is 1.59. The van der Waals surface area contributed by atoms with Crippen molar-refractivity contribution < 1.29 is 4.79 Å². The van der Waals surface area contributed by atoms with Gasteiger partial charge in [0.2, 0.25) is 0 Å². The van der Waals surface area contributed by atoms with Crippen LogP contribution in [0.25, 0.3) is 0 Å². The summed E-state index contributed by atoms with van der Waals surface area (Å²) in [5.41, 5.74) is 0. The molecule has 1 aromatic rings. The number of anilines is 1. The average molecular weight is 200 g/mol. The Morgan fingerprint density at radius 3 is 3.08 bits per heavy atom. The van der Waals surface area contributed by atoms with Crippen molar-refractivity contribution in [3.05, 3.63) is 5.38 Å². The Morgan fingerprint density at radius 1 is 1.77 bits per heavy atom. The second-order valence-corrected chi connectivity index (χ2v) is 3.31. The number of carbonyl (C=O) groups excluding carboxylic acids is 1. The highest BCUT2D eigenvalue weighted by Gasteiger charge is 2.05. The third-order valence-corrected chi connectivity index (χ3v) is 2.10. The van der Waals surface area contributed by atoms with Gasteiger partial charge in [-0.1, -0.05) is 11.4 Å². The minimum atomic E-state index is -0.234. The largest absolute Gasteiger partial charge is 0.335 e. The van der Waals surface area contributed by atoms with Crippen LogP contribution >= 0.6 is 11.5 Å². The van der Waals surface area contributed by atoms with Gasteiger partial charge in [-0.3, -0.25) is 5.32 Å². The highest BCUT2D eigenvalue weighted by molar-refractivity contribution is 7.03. The Kier molecular flexibility index (Phi) is 3.63. The van der Waals surface area contributed by atoms with E-state index in [0.717, 1.165) is 6.42 Å². The molecule has 0 spiro atoms. The first-order chi connectivity index (χ1) is 6.22. The maximum absolute atomic E-state index is 11.2. The SMILES string of the molecule is CCC(C)NC(=O)Nc1csnn1. The molecule has 1 aromatic heterocycles. The number of aromatic nitrogens is 2. The molecule has 2 N–H and O–H groups in total. The lowest BCUT2D eigenvalue weighted by atomic mass is 10.3. The zero-order valence-electron chi connectivity index (χ0n) is 7.57. The van der Waals surface area contributed by atoms with Gasteiger partial charge in [0.15, 0.2) is 5.82 Å². The summed E-state index contributed by atoms with van der Waals surface area (Å²) < 4.78 is 3.62. The Morgan fingerprint density at radius 2 is 2.54 bits per heavy atom. The molecule has 1 heterocycles. The number of rotatable bonds is 3.